The lowest BCUT2D eigenvalue weighted by atomic mass is 9.92. The third-order valence-corrected chi connectivity index (χ3v) is 3.50. The van der Waals surface area contributed by atoms with Crippen molar-refractivity contribution in [2.24, 2.45) is 0 Å². The molecular formula is C11H21NO. The van der Waals surface area contributed by atoms with E-state index in [0.717, 1.165) is 6.61 Å². The van der Waals surface area contributed by atoms with Crippen LogP contribution in [-0.2, 0) is 4.74 Å². The second-order valence-electron chi connectivity index (χ2n) is 4.76. The molecule has 2 fully saturated rings. The Balaban J connectivity index is 1.71. The minimum Gasteiger partial charge on any atom is -0.378 e. The molecule has 2 nitrogen and oxygen atoms in total. The summed E-state index contributed by atoms with van der Waals surface area (Å²) in [7, 11) is 0. The molecule has 1 N–H and O–H groups in total. The molecule has 0 radical (unpaired) electrons. The molecule has 13 heavy (non-hydrogen) atoms. The third kappa shape index (κ3) is 2.44. The summed E-state index contributed by atoms with van der Waals surface area (Å²) in [5, 5.41) is 3.60. The van der Waals surface area contributed by atoms with Gasteiger partial charge in [0.25, 0.3) is 0 Å². The van der Waals surface area contributed by atoms with E-state index < -0.39 is 0 Å². The Morgan fingerprint density at radius 2 is 2.38 bits per heavy atom. The lowest BCUT2D eigenvalue weighted by Gasteiger charge is -2.25. The molecule has 2 unspecified atom stereocenters. The fraction of sp³-hybridized carbons (Fsp3) is 1.00. The SMILES string of the molecule is CC1(CCC2CCCO2)CCCN1. The lowest BCUT2D eigenvalue weighted by molar-refractivity contribution is 0.0955. The molecule has 0 aromatic rings. The second-order valence-corrected chi connectivity index (χ2v) is 4.76. The van der Waals surface area contributed by atoms with Crippen LogP contribution in [0.1, 0.15) is 45.4 Å². The number of nitrogens with one attached hydrogen (secondary N) is 1. The van der Waals surface area contributed by atoms with E-state index in [1.165, 1.54) is 45.1 Å². The topological polar surface area (TPSA) is 21.3 Å². The molecule has 0 saturated carbocycles. The highest BCUT2D eigenvalue weighted by Gasteiger charge is 2.29. The zero-order chi connectivity index (χ0) is 9.15. The first-order chi connectivity index (χ1) is 6.29. The van der Waals surface area contributed by atoms with E-state index in [1.807, 2.05) is 0 Å². The van der Waals surface area contributed by atoms with Crippen LogP contribution in [0.5, 0.6) is 0 Å². The highest BCUT2D eigenvalue weighted by atomic mass is 16.5. The van der Waals surface area contributed by atoms with Crippen LogP contribution in [-0.4, -0.2) is 24.8 Å². The van der Waals surface area contributed by atoms with Crippen molar-refractivity contribution in [2.75, 3.05) is 13.2 Å². The molecule has 2 saturated heterocycles. The Bertz CT molecular complexity index is 157. The highest BCUT2D eigenvalue weighted by molar-refractivity contribution is 4.89. The molecule has 2 aliphatic heterocycles. The smallest absolute Gasteiger partial charge is 0.0576 e. The van der Waals surface area contributed by atoms with Gasteiger partial charge in [-0.1, -0.05) is 0 Å². The van der Waals surface area contributed by atoms with E-state index in [2.05, 4.69) is 12.2 Å². The van der Waals surface area contributed by atoms with Gasteiger partial charge in [0.15, 0.2) is 0 Å². The normalized spacial score (nSPS) is 39.9. The van der Waals surface area contributed by atoms with Crippen LogP contribution in [0.4, 0.5) is 0 Å². The lowest BCUT2D eigenvalue weighted by Crippen LogP contribution is -2.36. The maximum Gasteiger partial charge on any atom is 0.0576 e. The number of hydrogen-bond acceptors (Lipinski definition) is 2. The third-order valence-electron chi connectivity index (χ3n) is 3.50. The predicted octanol–water partition coefficient (Wildman–Crippen LogP) is 2.09. The van der Waals surface area contributed by atoms with Crippen molar-refractivity contribution in [1.29, 1.82) is 0 Å². The summed E-state index contributed by atoms with van der Waals surface area (Å²) in [5.74, 6) is 0. The van der Waals surface area contributed by atoms with Crippen molar-refractivity contribution < 1.29 is 4.74 Å². The van der Waals surface area contributed by atoms with Gasteiger partial charge in [0.1, 0.15) is 0 Å². The second kappa shape index (κ2) is 3.97. The number of hydrogen-bond donors (Lipinski definition) is 1. The first-order valence-corrected chi connectivity index (χ1v) is 5.65. The molecule has 2 aliphatic rings. The van der Waals surface area contributed by atoms with E-state index in [4.69, 9.17) is 4.74 Å². The molecule has 0 amide bonds. The van der Waals surface area contributed by atoms with E-state index >= 15 is 0 Å². The molecule has 2 heterocycles. The molecular weight excluding hydrogens is 162 g/mol. The van der Waals surface area contributed by atoms with Gasteiger partial charge >= 0.3 is 0 Å². The summed E-state index contributed by atoms with van der Waals surface area (Å²) in [5.41, 5.74) is 0.423. The molecule has 0 aromatic carbocycles. The monoisotopic (exact) mass is 183 g/mol. The van der Waals surface area contributed by atoms with Crippen molar-refractivity contribution in [3.63, 3.8) is 0 Å². The van der Waals surface area contributed by atoms with Crippen LogP contribution in [0.3, 0.4) is 0 Å². The Kier molecular flexibility index (Phi) is 2.89. The van der Waals surface area contributed by atoms with Gasteiger partial charge in [0.05, 0.1) is 6.10 Å². The van der Waals surface area contributed by atoms with Gasteiger partial charge < -0.3 is 10.1 Å². The maximum atomic E-state index is 5.63. The van der Waals surface area contributed by atoms with Crippen LogP contribution in [0.2, 0.25) is 0 Å². The Labute approximate surface area is 81.0 Å². The highest BCUT2D eigenvalue weighted by Crippen LogP contribution is 2.27. The average molecular weight is 183 g/mol. The summed E-state index contributed by atoms with van der Waals surface area (Å²) in [6, 6.07) is 0. The van der Waals surface area contributed by atoms with Gasteiger partial charge in [-0.3, -0.25) is 0 Å². The molecule has 0 aromatic heterocycles. The van der Waals surface area contributed by atoms with Crippen molar-refractivity contribution >= 4 is 0 Å². The number of rotatable bonds is 3. The average Bonchev–Trinajstić information content (AvgIpc) is 2.72. The first-order valence-electron chi connectivity index (χ1n) is 5.65. The fourth-order valence-electron chi connectivity index (χ4n) is 2.52. The summed E-state index contributed by atoms with van der Waals surface area (Å²) in [6.07, 6.45) is 8.37. The van der Waals surface area contributed by atoms with E-state index in [-0.39, 0.29) is 0 Å². The minimum atomic E-state index is 0.423. The van der Waals surface area contributed by atoms with Gasteiger partial charge in [-0.05, 0) is 52.0 Å². The van der Waals surface area contributed by atoms with Gasteiger partial charge in [-0.2, -0.15) is 0 Å². The standard InChI is InChI=1S/C11H21NO/c1-11(6-3-8-12-11)7-5-10-4-2-9-13-10/h10,12H,2-9H2,1H3. The zero-order valence-corrected chi connectivity index (χ0v) is 8.64. The zero-order valence-electron chi connectivity index (χ0n) is 8.64. The molecule has 2 heteroatoms. The van der Waals surface area contributed by atoms with Crippen LogP contribution >= 0.6 is 0 Å². The van der Waals surface area contributed by atoms with Crippen molar-refractivity contribution in [3.8, 4) is 0 Å². The molecule has 0 spiro atoms. The maximum absolute atomic E-state index is 5.63. The largest absolute Gasteiger partial charge is 0.378 e. The van der Waals surface area contributed by atoms with Crippen molar-refractivity contribution in [2.45, 2.75) is 57.1 Å². The van der Waals surface area contributed by atoms with E-state index in [0.29, 0.717) is 11.6 Å². The predicted molar refractivity (Wildman–Crippen MR) is 53.8 cm³/mol. The van der Waals surface area contributed by atoms with Gasteiger partial charge in [-0.15, -0.1) is 0 Å². The molecule has 2 rings (SSSR count). The quantitative estimate of drug-likeness (QED) is 0.723. The Morgan fingerprint density at radius 1 is 1.46 bits per heavy atom. The summed E-state index contributed by atoms with van der Waals surface area (Å²) in [6.45, 7) is 4.56. The molecule has 76 valence electrons. The summed E-state index contributed by atoms with van der Waals surface area (Å²) >= 11 is 0. The minimum absolute atomic E-state index is 0.423. The molecule has 0 bridgehead atoms. The van der Waals surface area contributed by atoms with Crippen LogP contribution in [0.15, 0.2) is 0 Å². The van der Waals surface area contributed by atoms with Gasteiger partial charge in [-0.25, -0.2) is 0 Å². The van der Waals surface area contributed by atoms with Crippen molar-refractivity contribution in [3.05, 3.63) is 0 Å². The van der Waals surface area contributed by atoms with Gasteiger partial charge in [0, 0.05) is 12.1 Å². The Morgan fingerprint density at radius 3 is 3.00 bits per heavy atom. The van der Waals surface area contributed by atoms with E-state index in [1.54, 1.807) is 0 Å². The van der Waals surface area contributed by atoms with Crippen molar-refractivity contribution in [1.82, 2.24) is 5.32 Å². The molecule has 0 aliphatic carbocycles. The fourth-order valence-corrected chi connectivity index (χ4v) is 2.52. The summed E-state index contributed by atoms with van der Waals surface area (Å²) in [4.78, 5) is 0. The number of ether oxygens (including phenoxy) is 1. The van der Waals surface area contributed by atoms with Gasteiger partial charge in [0.2, 0.25) is 0 Å². The first kappa shape index (κ1) is 9.47. The Hall–Kier alpha value is -0.0800. The van der Waals surface area contributed by atoms with Crippen LogP contribution in [0, 0.1) is 0 Å². The van der Waals surface area contributed by atoms with Crippen LogP contribution < -0.4 is 5.32 Å². The van der Waals surface area contributed by atoms with Crippen LogP contribution in [0.25, 0.3) is 0 Å². The molecule has 2 atom stereocenters. The summed E-state index contributed by atoms with van der Waals surface area (Å²) < 4.78 is 5.63. The van der Waals surface area contributed by atoms with E-state index in [9.17, 15) is 0 Å².